The number of carbonyl (C=O) groups is 1. The fourth-order valence-electron chi connectivity index (χ4n) is 5.36. The van der Waals surface area contributed by atoms with Gasteiger partial charge in [0.25, 0.3) is 5.91 Å². The van der Waals surface area contributed by atoms with Gasteiger partial charge in [-0.2, -0.15) is 26.3 Å². The van der Waals surface area contributed by atoms with Gasteiger partial charge in [-0.1, -0.05) is 12.1 Å². The van der Waals surface area contributed by atoms with Crippen molar-refractivity contribution in [2.24, 2.45) is 0 Å². The Morgan fingerprint density at radius 2 is 1.52 bits per heavy atom. The Hall–Kier alpha value is -2.70. The molecule has 1 N–H and O–H groups in total. The van der Waals surface area contributed by atoms with Crippen LogP contribution in [0.25, 0.3) is 0 Å². The van der Waals surface area contributed by atoms with Crippen molar-refractivity contribution in [1.82, 2.24) is 14.7 Å². The highest BCUT2D eigenvalue weighted by molar-refractivity contribution is 5.94. The molecule has 2 aromatic carbocycles. The molecule has 1 atom stereocenters. The van der Waals surface area contributed by atoms with Crippen molar-refractivity contribution in [3.63, 3.8) is 0 Å². The van der Waals surface area contributed by atoms with Gasteiger partial charge in [-0.3, -0.25) is 9.69 Å². The van der Waals surface area contributed by atoms with Crippen LogP contribution in [-0.4, -0.2) is 84.2 Å². The van der Waals surface area contributed by atoms with Crippen LogP contribution in [0.2, 0.25) is 0 Å². The standard InChI is InChI=1S/C28H32F7N3O2/c1-36(26(40)20-12-21(27(30,31)32)14-22(13-20)28(33,34)35)15-19(18-2-4-23(29)5-3-18)6-9-37-16-24(17-37)38-10-7-25(39)8-11-38/h2-5,12-14,19,24-25,39H,6-11,15-17H2,1H3/t19-/m1/s1. The minimum Gasteiger partial charge on any atom is -0.393 e. The zero-order valence-electron chi connectivity index (χ0n) is 22.0. The molecule has 2 aliphatic rings. The van der Waals surface area contributed by atoms with Gasteiger partial charge in [-0.15, -0.1) is 0 Å². The summed E-state index contributed by atoms with van der Waals surface area (Å²) in [5.41, 5.74) is -3.10. The summed E-state index contributed by atoms with van der Waals surface area (Å²) in [6.07, 6.45) is -8.33. The van der Waals surface area contributed by atoms with Crippen molar-refractivity contribution in [2.75, 3.05) is 46.3 Å². The molecule has 0 bridgehead atoms. The average Bonchev–Trinajstić information content (AvgIpc) is 2.86. The number of hydrogen-bond acceptors (Lipinski definition) is 4. The van der Waals surface area contributed by atoms with Crippen LogP contribution in [0.4, 0.5) is 30.7 Å². The molecule has 1 amide bonds. The minimum absolute atomic E-state index is 0.00947. The van der Waals surface area contributed by atoms with Gasteiger partial charge in [-0.25, -0.2) is 4.39 Å². The third kappa shape index (κ3) is 7.52. The summed E-state index contributed by atoms with van der Waals surface area (Å²) in [6, 6.07) is 6.94. The SMILES string of the molecule is CN(C[C@@H](CCN1CC(N2CCC(O)CC2)C1)c1ccc(F)cc1)C(=O)c1cc(C(F)(F)F)cc(C(F)(F)F)c1. The average molecular weight is 576 g/mol. The summed E-state index contributed by atoms with van der Waals surface area (Å²) in [4.78, 5) is 18.8. The van der Waals surface area contributed by atoms with Crippen LogP contribution in [0, 0.1) is 5.82 Å². The van der Waals surface area contributed by atoms with Crippen molar-refractivity contribution in [3.05, 3.63) is 70.5 Å². The molecule has 4 rings (SSSR count). The van der Waals surface area contributed by atoms with E-state index in [0.29, 0.717) is 36.7 Å². The molecular weight excluding hydrogens is 543 g/mol. The van der Waals surface area contributed by atoms with E-state index in [1.807, 2.05) is 0 Å². The van der Waals surface area contributed by atoms with Crippen LogP contribution in [0.1, 0.15) is 52.2 Å². The van der Waals surface area contributed by atoms with E-state index in [-0.39, 0.29) is 24.6 Å². The molecule has 0 aliphatic carbocycles. The number of carbonyl (C=O) groups excluding carboxylic acids is 1. The summed E-state index contributed by atoms with van der Waals surface area (Å²) in [5, 5.41) is 9.72. The fourth-order valence-corrected chi connectivity index (χ4v) is 5.36. The van der Waals surface area contributed by atoms with E-state index >= 15 is 0 Å². The molecule has 12 heteroatoms. The Labute approximate surface area is 228 Å². The lowest BCUT2D eigenvalue weighted by atomic mass is 9.93. The van der Waals surface area contributed by atoms with Gasteiger partial charge in [-0.05, 0) is 61.7 Å². The molecule has 0 unspecified atom stereocenters. The molecule has 0 aromatic heterocycles. The second kappa shape index (κ2) is 12.0. The molecule has 220 valence electrons. The Kier molecular flexibility index (Phi) is 9.11. The quantitative estimate of drug-likeness (QED) is 0.437. The number of hydrogen-bond donors (Lipinski definition) is 1. The molecule has 2 heterocycles. The number of nitrogens with zero attached hydrogens (tertiary/aromatic N) is 3. The lowest BCUT2D eigenvalue weighted by Crippen LogP contribution is -2.61. The highest BCUT2D eigenvalue weighted by atomic mass is 19.4. The molecule has 2 aromatic rings. The van der Waals surface area contributed by atoms with Crippen LogP contribution in [-0.2, 0) is 12.4 Å². The lowest BCUT2D eigenvalue weighted by Gasteiger charge is -2.47. The number of aliphatic hydroxyl groups excluding tert-OH is 1. The second-order valence-corrected chi connectivity index (χ2v) is 10.7. The predicted molar refractivity (Wildman–Crippen MR) is 134 cm³/mol. The topological polar surface area (TPSA) is 47.0 Å². The molecule has 0 radical (unpaired) electrons. The van der Waals surface area contributed by atoms with Gasteiger partial charge in [0.1, 0.15) is 5.82 Å². The van der Waals surface area contributed by atoms with E-state index in [9.17, 15) is 40.6 Å². The first-order valence-electron chi connectivity index (χ1n) is 13.2. The first-order chi connectivity index (χ1) is 18.7. The van der Waals surface area contributed by atoms with Gasteiger partial charge in [0.05, 0.1) is 17.2 Å². The zero-order chi connectivity index (χ0) is 29.2. The van der Waals surface area contributed by atoms with Crippen LogP contribution < -0.4 is 0 Å². The number of likely N-dealkylation sites (tertiary alicyclic amines) is 2. The molecule has 2 fully saturated rings. The predicted octanol–water partition coefficient (Wildman–Crippen LogP) is 5.25. The highest BCUT2D eigenvalue weighted by Gasteiger charge is 2.38. The maximum atomic E-state index is 13.6. The smallest absolute Gasteiger partial charge is 0.393 e. The van der Waals surface area contributed by atoms with Crippen molar-refractivity contribution in [2.45, 2.75) is 49.7 Å². The lowest BCUT2D eigenvalue weighted by molar-refractivity contribution is -0.143. The van der Waals surface area contributed by atoms with Gasteiger partial charge in [0.15, 0.2) is 0 Å². The Bertz CT molecular complexity index is 1120. The van der Waals surface area contributed by atoms with Crippen molar-refractivity contribution in [3.8, 4) is 0 Å². The van der Waals surface area contributed by atoms with Crippen molar-refractivity contribution in [1.29, 1.82) is 0 Å². The number of piperidine rings is 1. The second-order valence-electron chi connectivity index (χ2n) is 10.7. The molecule has 0 saturated carbocycles. The molecule has 2 saturated heterocycles. The summed E-state index contributed by atoms with van der Waals surface area (Å²) < 4.78 is 93.4. The Balaban J connectivity index is 1.45. The molecule has 2 aliphatic heterocycles. The fraction of sp³-hybridized carbons (Fsp3) is 0.536. The normalized spacial score (nSPS) is 18.9. The van der Waals surface area contributed by atoms with E-state index in [1.54, 1.807) is 12.1 Å². The van der Waals surface area contributed by atoms with E-state index in [0.717, 1.165) is 43.9 Å². The van der Waals surface area contributed by atoms with Gasteiger partial charge < -0.3 is 14.9 Å². The number of aliphatic hydroxyl groups is 1. The maximum Gasteiger partial charge on any atom is 0.416 e. The first kappa shape index (κ1) is 30.3. The van der Waals surface area contributed by atoms with Crippen LogP contribution in [0.3, 0.4) is 0 Å². The molecule has 0 spiro atoms. The molecular formula is C28H32F7N3O2. The van der Waals surface area contributed by atoms with Crippen molar-refractivity contribution < 1.29 is 40.6 Å². The van der Waals surface area contributed by atoms with E-state index in [2.05, 4.69) is 9.80 Å². The van der Waals surface area contributed by atoms with E-state index in [4.69, 9.17) is 0 Å². The number of amides is 1. The van der Waals surface area contributed by atoms with Crippen LogP contribution in [0.5, 0.6) is 0 Å². The zero-order valence-corrected chi connectivity index (χ0v) is 22.0. The van der Waals surface area contributed by atoms with Crippen LogP contribution in [0.15, 0.2) is 42.5 Å². The largest absolute Gasteiger partial charge is 0.416 e. The number of benzene rings is 2. The number of alkyl halides is 6. The summed E-state index contributed by atoms with van der Waals surface area (Å²) in [7, 11) is 1.33. The van der Waals surface area contributed by atoms with Gasteiger partial charge in [0, 0.05) is 57.3 Å². The number of rotatable bonds is 8. The van der Waals surface area contributed by atoms with Crippen LogP contribution >= 0.6 is 0 Å². The monoisotopic (exact) mass is 575 g/mol. The van der Waals surface area contributed by atoms with Gasteiger partial charge in [0.2, 0.25) is 0 Å². The highest BCUT2D eigenvalue weighted by Crippen LogP contribution is 2.37. The molecule has 40 heavy (non-hydrogen) atoms. The number of halogens is 7. The summed E-state index contributed by atoms with van der Waals surface area (Å²) in [6.45, 7) is 4.03. The summed E-state index contributed by atoms with van der Waals surface area (Å²) >= 11 is 0. The molecule has 5 nitrogen and oxygen atoms in total. The third-order valence-corrected chi connectivity index (χ3v) is 7.76. The third-order valence-electron chi connectivity index (χ3n) is 7.76. The number of likely N-dealkylation sites (N-methyl/N-ethyl adjacent to an activating group) is 1. The van der Waals surface area contributed by atoms with E-state index in [1.165, 1.54) is 19.2 Å². The van der Waals surface area contributed by atoms with Gasteiger partial charge >= 0.3 is 12.4 Å². The Morgan fingerprint density at radius 3 is 2.05 bits per heavy atom. The first-order valence-corrected chi connectivity index (χ1v) is 13.2. The maximum absolute atomic E-state index is 13.6. The van der Waals surface area contributed by atoms with Crippen molar-refractivity contribution >= 4 is 5.91 Å². The summed E-state index contributed by atoms with van der Waals surface area (Å²) in [5.74, 6) is -1.75. The Morgan fingerprint density at radius 1 is 0.975 bits per heavy atom. The minimum atomic E-state index is -5.06. The van der Waals surface area contributed by atoms with E-state index < -0.39 is 40.8 Å².